The number of rotatable bonds is 7. The molecule has 0 heterocycles. The number of nitrogens with one attached hydrogen (secondary N) is 1. The van der Waals surface area contributed by atoms with Gasteiger partial charge in [0, 0.05) is 12.1 Å². The molecule has 0 aromatic heterocycles. The third-order valence-electron chi connectivity index (χ3n) is 4.68. The molecule has 0 spiro atoms. The number of carboxylic acid groups (broad SMARTS) is 1. The Morgan fingerprint density at radius 1 is 1.42 bits per heavy atom. The van der Waals surface area contributed by atoms with Crippen LogP contribution in [0.25, 0.3) is 0 Å². The van der Waals surface area contributed by atoms with E-state index in [2.05, 4.69) is 24.2 Å². The predicted molar refractivity (Wildman–Crippen MR) is 76.3 cm³/mol. The Kier molecular flexibility index (Phi) is 4.85. The van der Waals surface area contributed by atoms with Gasteiger partial charge in [-0.1, -0.05) is 13.3 Å². The first-order valence-electron chi connectivity index (χ1n) is 7.79. The maximum atomic E-state index is 11.7. The molecule has 19 heavy (non-hydrogen) atoms. The molecular formula is C15H28N2O2. The van der Waals surface area contributed by atoms with E-state index in [0.717, 1.165) is 45.1 Å². The van der Waals surface area contributed by atoms with Crippen LogP contribution in [0.3, 0.4) is 0 Å². The van der Waals surface area contributed by atoms with E-state index in [1.165, 1.54) is 12.8 Å². The zero-order valence-corrected chi connectivity index (χ0v) is 12.3. The van der Waals surface area contributed by atoms with Crippen molar-refractivity contribution in [3.05, 3.63) is 0 Å². The SMILES string of the molecule is CCCCN(C)C1CCCC(NC2CC2)(C(=O)O)C1. The smallest absolute Gasteiger partial charge is 0.323 e. The highest BCUT2D eigenvalue weighted by Gasteiger charge is 2.46. The van der Waals surface area contributed by atoms with Crippen molar-refractivity contribution in [1.29, 1.82) is 0 Å². The quantitative estimate of drug-likeness (QED) is 0.743. The Morgan fingerprint density at radius 3 is 2.74 bits per heavy atom. The third-order valence-corrected chi connectivity index (χ3v) is 4.68. The van der Waals surface area contributed by atoms with Gasteiger partial charge in [0.25, 0.3) is 0 Å². The highest BCUT2D eigenvalue weighted by Crippen LogP contribution is 2.34. The van der Waals surface area contributed by atoms with Gasteiger partial charge in [0.1, 0.15) is 5.54 Å². The average Bonchev–Trinajstić information content (AvgIpc) is 3.19. The summed E-state index contributed by atoms with van der Waals surface area (Å²) in [6.07, 6.45) is 8.39. The molecule has 2 N–H and O–H groups in total. The van der Waals surface area contributed by atoms with Crippen LogP contribution in [-0.2, 0) is 4.79 Å². The first kappa shape index (κ1) is 14.8. The number of carboxylic acids is 1. The van der Waals surface area contributed by atoms with Crippen LogP contribution in [0.2, 0.25) is 0 Å². The molecule has 110 valence electrons. The van der Waals surface area contributed by atoms with Crippen molar-refractivity contribution < 1.29 is 9.90 Å². The zero-order valence-electron chi connectivity index (χ0n) is 12.3. The van der Waals surface area contributed by atoms with Crippen LogP contribution in [0, 0.1) is 0 Å². The van der Waals surface area contributed by atoms with Crippen LogP contribution < -0.4 is 5.32 Å². The maximum absolute atomic E-state index is 11.7. The number of hydrogen-bond acceptors (Lipinski definition) is 3. The number of aliphatic carboxylic acids is 1. The average molecular weight is 268 g/mol. The Bertz CT molecular complexity index is 317. The number of nitrogens with zero attached hydrogens (tertiary/aromatic N) is 1. The van der Waals surface area contributed by atoms with Gasteiger partial charge in [-0.05, 0) is 58.5 Å². The molecule has 0 aliphatic heterocycles. The lowest BCUT2D eigenvalue weighted by Gasteiger charge is -2.42. The molecule has 4 nitrogen and oxygen atoms in total. The molecule has 0 amide bonds. The molecule has 2 aliphatic carbocycles. The summed E-state index contributed by atoms with van der Waals surface area (Å²) in [7, 11) is 2.15. The highest BCUT2D eigenvalue weighted by atomic mass is 16.4. The first-order chi connectivity index (χ1) is 9.07. The first-order valence-corrected chi connectivity index (χ1v) is 7.79. The minimum Gasteiger partial charge on any atom is -0.480 e. The van der Waals surface area contributed by atoms with Gasteiger partial charge < -0.3 is 10.0 Å². The van der Waals surface area contributed by atoms with E-state index in [-0.39, 0.29) is 0 Å². The molecule has 0 radical (unpaired) electrons. The van der Waals surface area contributed by atoms with Gasteiger partial charge >= 0.3 is 5.97 Å². The summed E-state index contributed by atoms with van der Waals surface area (Å²) >= 11 is 0. The second-order valence-corrected chi connectivity index (χ2v) is 6.39. The molecule has 0 saturated heterocycles. The van der Waals surface area contributed by atoms with E-state index in [4.69, 9.17) is 0 Å². The summed E-state index contributed by atoms with van der Waals surface area (Å²) in [5.74, 6) is -0.645. The molecule has 4 heteroatoms. The fourth-order valence-electron chi connectivity index (χ4n) is 3.22. The van der Waals surface area contributed by atoms with E-state index in [0.29, 0.717) is 12.1 Å². The standard InChI is InChI=1S/C15H28N2O2/c1-3-4-10-17(2)13-6-5-9-15(11-13,14(18)19)16-12-7-8-12/h12-13,16H,3-11H2,1-2H3,(H,18,19). The summed E-state index contributed by atoms with van der Waals surface area (Å²) in [5.41, 5.74) is -0.662. The summed E-state index contributed by atoms with van der Waals surface area (Å²) in [6.45, 7) is 3.28. The van der Waals surface area contributed by atoms with Crippen molar-refractivity contribution in [2.24, 2.45) is 0 Å². The molecule has 0 aromatic carbocycles. The van der Waals surface area contributed by atoms with E-state index < -0.39 is 11.5 Å². The largest absolute Gasteiger partial charge is 0.480 e. The van der Waals surface area contributed by atoms with Gasteiger partial charge in [0.05, 0.1) is 0 Å². The third kappa shape index (κ3) is 3.69. The lowest BCUT2D eigenvalue weighted by molar-refractivity contribution is -0.147. The summed E-state index contributed by atoms with van der Waals surface area (Å²) in [4.78, 5) is 14.1. The fraction of sp³-hybridized carbons (Fsp3) is 0.933. The maximum Gasteiger partial charge on any atom is 0.323 e. The molecule has 2 aliphatic rings. The van der Waals surface area contributed by atoms with Crippen molar-refractivity contribution in [3.8, 4) is 0 Å². The van der Waals surface area contributed by atoms with Crippen molar-refractivity contribution in [1.82, 2.24) is 10.2 Å². The second-order valence-electron chi connectivity index (χ2n) is 6.39. The van der Waals surface area contributed by atoms with E-state index in [1.807, 2.05) is 0 Å². The lowest BCUT2D eigenvalue weighted by atomic mass is 9.78. The highest BCUT2D eigenvalue weighted by molar-refractivity contribution is 5.79. The monoisotopic (exact) mass is 268 g/mol. The number of unbranched alkanes of at least 4 members (excludes halogenated alkanes) is 1. The van der Waals surface area contributed by atoms with E-state index >= 15 is 0 Å². The summed E-state index contributed by atoms with van der Waals surface area (Å²) in [5, 5.41) is 13.1. The van der Waals surface area contributed by atoms with Gasteiger partial charge in [-0.15, -0.1) is 0 Å². The minimum atomic E-state index is -0.662. The van der Waals surface area contributed by atoms with Gasteiger partial charge in [-0.25, -0.2) is 0 Å². The molecule has 2 saturated carbocycles. The molecule has 0 bridgehead atoms. The van der Waals surface area contributed by atoms with Crippen LogP contribution in [0.1, 0.15) is 58.3 Å². The Morgan fingerprint density at radius 2 is 2.16 bits per heavy atom. The van der Waals surface area contributed by atoms with E-state index in [9.17, 15) is 9.90 Å². The van der Waals surface area contributed by atoms with Crippen LogP contribution in [-0.4, -0.2) is 47.2 Å². The van der Waals surface area contributed by atoms with Crippen molar-refractivity contribution >= 4 is 5.97 Å². The Hall–Kier alpha value is -0.610. The molecule has 2 atom stereocenters. The Balaban J connectivity index is 1.97. The summed E-state index contributed by atoms with van der Waals surface area (Å²) < 4.78 is 0. The predicted octanol–water partition coefficient (Wildman–Crippen LogP) is 2.24. The zero-order chi connectivity index (χ0) is 13.9. The fourth-order valence-corrected chi connectivity index (χ4v) is 3.22. The van der Waals surface area contributed by atoms with Crippen molar-refractivity contribution in [3.63, 3.8) is 0 Å². The van der Waals surface area contributed by atoms with Gasteiger partial charge in [0.2, 0.25) is 0 Å². The van der Waals surface area contributed by atoms with Crippen LogP contribution in [0.15, 0.2) is 0 Å². The number of hydrogen-bond donors (Lipinski definition) is 2. The van der Waals surface area contributed by atoms with Crippen LogP contribution in [0.5, 0.6) is 0 Å². The molecule has 0 aromatic rings. The molecule has 2 unspecified atom stereocenters. The molecule has 2 rings (SSSR count). The summed E-state index contributed by atoms with van der Waals surface area (Å²) in [6, 6.07) is 0.874. The number of carbonyl (C=O) groups is 1. The van der Waals surface area contributed by atoms with E-state index in [1.54, 1.807) is 0 Å². The second kappa shape index (κ2) is 6.23. The Labute approximate surface area is 116 Å². The minimum absolute atomic E-state index is 0.419. The lowest BCUT2D eigenvalue weighted by Crippen LogP contribution is -2.58. The van der Waals surface area contributed by atoms with Crippen molar-refractivity contribution in [2.75, 3.05) is 13.6 Å². The molecule has 2 fully saturated rings. The van der Waals surface area contributed by atoms with Crippen LogP contribution in [0.4, 0.5) is 0 Å². The van der Waals surface area contributed by atoms with Gasteiger partial charge in [-0.3, -0.25) is 10.1 Å². The van der Waals surface area contributed by atoms with Gasteiger partial charge in [0.15, 0.2) is 0 Å². The van der Waals surface area contributed by atoms with Crippen LogP contribution >= 0.6 is 0 Å². The van der Waals surface area contributed by atoms with Crippen molar-refractivity contribution in [2.45, 2.75) is 75.9 Å². The normalized spacial score (nSPS) is 31.6. The topological polar surface area (TPSA) is 52.6 Å². The van der Waals surface area contributed by atoms with Gasteiger partial charge in [-0.2, -0.15) is 0 Å². The molecular weight excluding hydrogens is 240 g/mol.